The summed E-state index contributed by atoms with van der Waals surface area (Å²) < 4.78 is 57.8. The molecule has 4 rings (SSSR count). The molecule has 0 radical (unpaired) electrons. The van der Waals surface area contributed by atoms with Crippen molar-refractivity contribution in [1.29, 1.82) is 0 Å². The highest BCUT2D eigenvalue weighted by Crippen LogP contribution is 2.30. The number of nitrogens with one attached hydrogen (secondary N) is 3. The van der Waals surface area contributed by atoms with Crippen LogP contribution in [0.2, 0.25) is 0 Å². The van der Waals surface area contributed by atoms with Gasteiger partial charge in [0.1, 0.15) is 24.2 Å². The van der Waals surface area contributed by atoms with Crippen LogP contribution in [0, 0.1) is 0 Å². The highest BCUT2D eigenvalue weighted by atomic mass is 32.2. The normalized spacial score (nSPS) is 15.5. The Morgan fingerprint density at radius 1 is 1.17 bits per heavy atom. The van der Waals surface area contributed by atoms with E-state index in [-0.39, 0.29) is 23.4 Å². The van der Waals surface area contributed by atoms with Crippen molar-refractivity contribution in [1.82, 2.24) is 20.3 Å². The second kappa shape index (κ2) is 14.3. The van der Waals surface area contributed by atoms with Crippen LogP contribution < -0.4 is 26.6 Å². The van der Waals surface area contributed by atoms with E-state index >= 15 is 0 Å². The topological polar surface area (TPSA) is 114 Å². The van der Waals surface area contributed by atoms with Crippen LogP contribution in [-0.2, 0) is 11.3 Å². The molecule has 2 heterocycles. The molecule has 3 aromatic rings. The number of thioether (sulfide) groups is 1. The molecule has 9 nitrogen and oxygen atoms in total. The molecule has 1 fully saturated rings. The number of aromatic nitrogens is 1. The lowest BCUT2D eigenvalue weighted by Gasteiger charge is -2.24. The van der Waals surface area contributed by atoms with Gasteiger partial charge in [0.25, 0.3) is 11.8 Å². The number of hydrogen-bond acceptors (Lipinski definition) is 7. The molecule has 1 aliphatic rings. The van der Waals surface area contributed by atoms with E-state index in [1.54, 1.807) is 12.1 Å². The summed E-state index contributed by atoms with van der Waals surface area (Å²) in [6, 6.07) is 11.1. The quantitative estimate of drug-likeness (QED) is 0.138. The Bertz CT molecular complexity index is 1340. The van der Waals surface area contributed by atoms with Crippen LogP contribution in [0.25, 0.3) is 10.9 Å². The number of nitrogens with zero attached hydrogens (tertiary/aromatic N) is 2. The lowest BCUT2D eigenvalue weighted by molar-refractivity contribution is -0.140. The van der Waals surface area contributed by atoms with Crippen LogP contribution in [0.1, 0.15) is 23.3 Å². The Labute approximate surface area is 239 Å². The van der Waals surface area contributed by atoms with Crippen molar-refractivity contribution in [3.05, 3.63) is 48.2 Å². The number of anilines is 2. The number of hydrogen-bond donors (Lipinski definition) is 4. The minimum absolute atomic E-state index is 0.159. The molecular weight excluding hydrogens is 564 g/mol. The van der Waals surface area contributed by atoms with Gasteiger partial charge in [0, 0.05) is 22.5 Å². The fraction of sp³-hybridized carbons (Fsp3) is 0.407. The van der Waals surface area contributed by atoms with Gasteiger partial charge < -0.3 is 25.3 Å². The maximum atomic E-state index is 13.1. The number of halogens is 4. The standard InChI is InChI=1S/C21H22F3N5O3S.C6H12FN/c1-32-18-8-12(33-2)6-7-15(18)26-10-19(30)27-28-20(31)17-9-13-14(25)4-3-5-16(13)29(17)11-21(22,23)24;1-8-4-2-3-6(7)5-8/h3-9,26H,10-11,25H2,1-2H3,(H,27,30)(H,28,31);6H,2-5H2,1H3. The zero-order valence-corrected chi connectivity index (χ0v) is 23.8. The molecule has 41 heavy (non-hydrogen) atoms. The van der Waals surface area contributed by atoms with E-state index in [0.717, 1.165) is 28.8 Å². The number of alkyl halides is 4. The SMILES string of the molecule is CN1CCCC(F)C1.COc1cc(SC)ccc1NCC(=O)NNC(=O)c1cc2c(N)cccc2n1CC(F)(F)F. The van der Waals surface area contributed by atoms with E-state index in [9.17, 15) is 27.2 Å². The third-order valence-corrected chi connectivity index (χ3v) is 7.01. The number of amides is 2. The largest absolute Gasteiger partial charge is 0.495 e. The number of nitrogens with two attached hydrogens (primary N) is 1. The van der Waals surface area contributed by atoms with Crippen LogP contribution in [0.4, 0.5) is 28.9 Å². The number of fused-ring (bicyclic) bond motifs is 1. The van der Waals surface area contributed by atoms with Crippen LogP contribution in [0.15, 0.2) is 47.4 Å². The van der Waals surface area contributed by atoms with Gasteiger partial charge in [0.05, 0.1) is 24.9 Å². The molecule has 1 saturated heterocycles. The van der Waals surface area contributed by atoms with Gasteiger partial charge in [-0.05, 0) is 69.1 Å². The molecule has 1 aromatic heterocycles. The van der Waals surface area contributed by atoms with Gasteiger partial charge in [-0.15, -0.1) is 11.8 Å². The maximum Gasteiger partial charge on any atom is 0.406 e. The zero-order chi connectivity index (χ0) is 30.2. The Morgan fingerprint density at radius 3 is 2.54 bits per heavy atom. The lowest BCUT2D eigenvalue weighted by Crippen LogP contribution is -2.44. The molecule has 1 atom stereocenters. The summed E-state index contributed by atoms with van der Waals surface area (Å²) >= 11 is 1.53. The predicted molar refractivity (Wildman–Crippen MR) is 153 cm³/mol. The molecule has 0 bridgehead atoms. The molecule has 1 aliphatic heterocycles. The predicted octanol–water partition coefficient (Wildman–Crippen LogP) is 4.44. The summed E-state index contributed by atoms with van der Waals surface area (Å²) in [6.45, 7) is 0.109. The average Bonchev–Trinajstić information content (AvgIpc) is 3.28. The first-order chi connectivity index (χ1) is 19.4. The first-order valence-corrected chi connectivity index (χ1v) is 14.0. The van der Waals surface area contributed by atoms with Crippen LogP contribution in [-0.4, -0.2) is 73.7 Å². The Kier molecular flexibility index (Phi) is 11.1. The third-order valence-electron chi connectivity index (χ3n) is 6.28. The summed E-state index contributed by atoms with van der Waals surface area (Å²) in [5.41, 5.74) is 10.9. The Morgan fingerprint density at radius 2 is 1.93 bits per heavy atom. The fourth-order valence-electron chi connectivity index (χ4n) is 4.30. The van der Waals surface area contributed by atoms with Gasteiger partial charge in [-0.25, -0.2) is 4.39 Å². The Hall–Kier alpha value is -3.65. The van der Waals surface area contributed by atoms with Crippen molar-refractivity contribution in [2.24, 2.45) is 0 Å². The average molecular weight is 599 g/mol. The monoisotopic (exact) mass is 598 g/mol. The van der Waals surface area contributed by atoms with E-state index in [1.807, 2.05) is 24.3 Å². The van der Waals surface area contributed by atoms with E-state index in [4.69, 9.17) is 10.5 Å². The molecule has 224 valence electrons. The Balaban J connectivity index is 0.000000496. The second-order valence-corrected chi connectivity index (χ2v) is 10.3. The van der Waals surface area contributed by atoms with Crippen molar-refractivity contribution in [2.75, 3.05) is 51.1 Å². The number of nitrogen functional groups attached to an aromatic ring is 1. The lowest BCUT2D eigenvalue weighted by atomic mass is 10.1. The number of piperidine rings is 1. The molecule has 0 saturated carbocycles. The van der Waals surface area contributed by atoms with E-state index in [2.05, 4.69) is 16.2 Å². The number of likely N-dealkylation sites (tertiary alicyclic amines) is 1. The summed E-state index contributed by atoms with van der Waals surface area (Å²) in [5.74, 6) is -0.990. The van der Waals surface area contributed by atoms with Crippen molar-refractivity contribution >= 4 is 45.9 Å². The number of carbonyl (C=O) groups excluding carboxylic acids is 2. The summed E-state index contributed by atoms with van der Waals surface area (Å²) in [7, 11) is 3.46. The van der Waals surface area contributed by atoms with E-state index in [1.165, 1.54) is 43.1 Å². The van der Waals surface area contributed by atoms with Gasteiger partial charge in [0.15, 0.2) is 0 Å². The van der Waals surface area contributed by atoms with E-state index in [0.29, 0.717) is 23.4 Å². The van der Waals surface area contributed by atoms with Gasteiger partial charge in [-0.2, -0.15) is 13.2 Å². The minimum atomic E-state index is -4.57. The summed E-state index contributed by atoms with van der Waals surface area (Å²) in [6.07, 6.45) is -1.42. The molecular formula is C27H34F4N6O3S. The van der Waals surface area contributed by atoms with Crippen LogP contribution in [0.3, 0.4) is 0 Å². The van der Waals surface area contributed by atoms with Crippen LogP contribution >= 0.6 is 11.8 Å². The third kappa shape index (κ3) is 9.18. The minimum Gasteiger partial charge on any atom is -0.495 e. The molecule has 5 N–H and O–H groups in total. The first kappa shape index (κ1) is 31.9. The number of carbonyl (C=O) groups is 2. The van der Waals surface area contributed by atoms with Crippen molar-refractivity contribution in [2.45, 2.75) is 36.6 Å². The number of ether oxygens (including phenoxy) is 1. The maximum absolute atomic E-state index is 13.1. The van der Waals surface area contributed by atoms with Gasteiger partial charge in [-0.3, -0.25) is 20.4 Å². The number of rotatable bonds is 7. The van der Waals surface area contributed by atoms with Crippen molar-refractivity contribution < 1.29 is 31.9 Å². The number of benzene rings is 2. The fourth-order valence-corrected chi connectivity index (χ4v) is 4.73. The van der Waals surface area contributed by atoms with Gasteiger partial charge in [-0.1, -0.05) is 6.07 Å². The van der Waals surface area contributed by atoms with Gasteiger partial charge in [0.2, 0.25) is 0 Å². The highest BCUT2D eigenvalue weighted by molar-refractivity contribution is 7.98. The van der Waals surface area contributed by atoms with Gasteiger partial charge >= 0.3 is 6.18 Å². The second-order valence-electron chi connectivity index (χ2n) is 9.43. The number of methoxy groups -OCH3 is 1. The summed E-state index contributed by atoms with van der Waals surface area (Å²) in [4.78, 5) is 27.8. The molecule has 2 amide bonds. The zero-order valence-electron chi connectivity index (χ0n) is 23.0. The van der Waals surface area contributed by atoms with E-state index < -0.39 is 30.7 Å². The van der Waals surface area contributed by atoms with Crippen molar-refractivity contribution in [3.8, 4) is 5.75 Å². The highest BCUT2D eigenvalue weighted by Gasteiger charge is 2.31. The first-order valence-electron chi connectivity index (χ1n) is 12.7. The smallest absolute Gasteiger partial charge is 0.406 e. The molecule has 1 unspecified atom stereocenters. The molecule has 14 heteroatoms. The van der Waals surface area contributed by atoms with Crippen molar-refractivity contribution in [3.63, 3.8) is 0 Å². The summed E-state index contributed by atoms with van der Waals surface area (Å²) in [5, 5.41) is 3.19. The molecule has 0 aliphatic carbocycles. The number of hydrazine groups is 1. The van der Waals surface area contributed by atoms with Crippen LogP contribution in [0.5, 0.6) is 5.75 Å². The molecule has 2 aromatic carbocycles. The molecule has 0 spiro atoms.